The van der Waals surface area contributed by atoms with Crippen molar-refractivity contribution < 1.29 is 33.4 Å². The van der Waals surface area contributed by atoms with Gasteiger partial charge in [-0.1, -0.05) is 69.3 Å². The molecule has 4 aliphatic rings. The Balaban J connectivity index is 0.819. The second-order valence-electron chi connectivity index (χ2n) is 21.3. The number of nitrogens with one attached hydrogen (secondary N) is 3. The number of nitrogens with two attached hydrogens (primary N) is 1. The van der Waals surface area contributed by atoms with Gasteiger partial charge in [-0.05, 0) is 106 Å². The van der Waals surface area contributed by atoms with Gasteiger partial charge < -0.3 is 41.3 Å². The quantitative estimate of drug-likeness (QED) is 0.0681. The molecule has 72 heavy (non-hydrogen) atoms. The molecule has 5 heterocycles. The number of aryl methyl sites for hydroxylation is 1. The van der Waals surface area contributed by atoms with Gasteiger partial charge in [0.05, 0.1) is 45.3 Å². The second-order valence-corrected chi connectivity index (χ2v) is 23.6. The number of amides is 4. The lowest BCUT2D eigenvalue weighted by atomic mass is 9.80. The summed E-state index contributed by atoms with van der Waals surface area (Å²) >= 11 is 9.78. The molecule has 4 fully saturated rings. The summed E-state index contributed by atoms with van der Waals surface area (Å²) in [7, 11) is 0. The molecule has 0 spiro atoms. The highest BCUT2D eigenvalue weighted by molar-refractivity contribution is 7.99. The number of aliphatic hydroxyl groups is 1. The monoisotopic (exact) mass is 1050 g/mol. The fraction of sp³-hybridized carbons (Fsp3) is 0.558. The topological polar surface area (TPSA) is 208 Å². The predicted octanol–water partition coefficient (Wildman–Crippen LogP) is 7.01. The van der Waals surface area contributed by atoms with Crippen molar-refractivity contribution in [2.75, 3.05) is 62.6 Å². The fourth-order valence-electron chi connectivity index (χ4n) is 9.54. The van der Waals surface area contributed by atoms with E-state index in [1.807, 2.05) is 43.3 Å². The average Bonchev–Trinajstić information content (AvgIpc) is 3.76. The van der Waals surface area contributed by atoms with Crippen molar-refractivity contribution in [2.24, 2.45) is 22.5 Å². The van der Waals surface area contributed by atoms with Crippen LogP contribution in [0.1, 0.15) is 90.3 Å². The van der Waals surface area contributed by atoms with Crippen LogP contribution < -0.4 is 31.3 Å². The molecular weight excluding hydrogens is 979 g/mol. The minimum Gasteiger partial charge on any atom is -0.492 e. The molecule has 6 N–H and O–H groups in total. The van der Waals surface area contributed by atoms with Crippen molar-refractivity contribution in [3.8, 4) is 16.2 Å². The summed E-state index contributed by atoms with van der Waals surface area (Å²) in [4.78, 5) is 75.4. The number of anilines is 2. The van der Waals surface area contributed by atoms with Gasteiger partial charge in [-0.3, -0.25) is 24.1 Å². The van der Waals surface area contributed by atoms with Crippen LogP contribution in [-0.4, -0.2) is 130 Å². The van der Waals surface area contributed by atoms with E-state index in [1.165, 1.54) is 28.0 Å². The number of nitrogens with zero attached hydrogens (tertiary/aromatic N) is 6. The Morgan fingerprint density at radius 2 is 1.79 bits per heavy atom. The average molecular weight is 1050 g/mol. The molecule has 4 amide bonds. The lowest BCUT2D eigenvalue weighted by molar-refractivity contribution is -0.145. The number of rotatable bonds is 18. The van der Waals surface area contributed by atoms with Gasteiger partial charge in [0, 0.05) is 56.0 Å². The van der Waals surface area contributed by atoms with E-state index in [2.05, 4.69) is 47.6 Å². The zero-order chi connectivity index (χ0) is 51.4. The molecule has 3 atom stereocenters. The number of benzene rings is 2. The first kappa shape index (κ1) is 53.4. The van der Waals surface area contributed by atoms with Crippen LogP contribution in [0.3, 0.4) is 0 Å². The van der Waals surface area contributed by atoms with E-state index < -0.39 is 47.0 Å². The molecule has 0 bridgehead atoms. The molecule has 2 aromatic carbocycles. The Bertz CT molecular complexity index is 2580. The number of piperidine rings is 2. The number of thiazole rings is 1. The van der Waals surface area contributed by atoms with Crippen LogP contribution in [0.2, 0.25) is 5.02 Å². The molecule has 3 aliphatic heterocycles. The Morgan fingerprint density at radius 1 is 1.04 bits per heavy atom. The highest BCUT2D eigenvalue weighted by atomic mass is 35.5. The van der Waals surface area contributed by atoms with Crippen LogP contribution in [0.25, 0.3) is 10.4 Å². The second kappa shape index (κ2) is 22.7. The molecule has 4 aromatic rings. The summed E-state index contributed by atoms with van der Waals surface area (Å²) in [5, 5.41) is 20.5. The largest absolute Gasteiger partial charge is 0.492 e. The highest BCUT2D eigenvalue weighted by Crippen LogP contribution is 2.41. The molecule has 20 heteroatoms. The van der Waals surface area contributed by atoms with E-state index in [4.69, 9.17) is 22.1 Å². The van der Waals surface area contributed by atoms with Crippen molar-refractivity contribution in [1.82, 2.24) is 35.4 Å². The fourth-order valence-corrected chi connectivity index (χ4v) is 11.4. The number of ether oxygens (including phenoxy) is 1. The van der Waals surface area contributed by atoms with Crippen molar-refractivity contribution in [2.45, 2.75) is 126 Å². The lowest BCUT2D eigenvalue weighted by Crippen LogP contribution is -2.59. The number of carbonyl (C=O) groups excluding carboxylic acids is 4. The SMILES string of the molecule is Cc1ncsc1-c1ccc(CNC(=O)[C@@H]2C[C@@H](O)CN2C(=O)[C@@H](NC(=O)C2(F)CC2)C(C)(C)C)c(OCCN2CCC(CC(=O)Nc3cccc(Sc4cnc(N5CCC(C)(CN)CC5)cn4)c3Cl)CC2)c1. The van der Waals surface area contributed by atoms with Gasteiger partial charge in [0.1, 0.15) is 35.3 Å². The minimum atomic E-state index is -1.98. The van der Waals surface area contributed by atoms with E-state index >= 15 is 0 Å². The van der Waals surface area contributed by atoms with Crippen molar-refractivity contribution in [3.63, 3.8) is 0 Å². The van der Waals surface area contributed by atoms with Gasteiger partial charge in [-0.15, -0.1) is 11.3 Å². The van der Waals surface area contributed by atoms with Crippen LogP contribution >= 0.6 is 34.7 Å². The van der Waals surface area contributed by atoms with Gasteiger partial charge in [0.15, 0.2) is 5.67 Å². The number of hydrogen-bond acceptors (Lipinski definition) is 14. The normalized spacial score (nSPS) is 20.5. The summed E-state index contributed by atoms with van der Waals surface area (Å²) in [5.74, 6) is -0.263. The van der Waals surface area contributed by atoms with Crippen molar-refractivity contribution >= 4 is 69.8 Å². The van der Waals surface area contributed by atoms with Gasteiger partial charge >= 0.3 is 0 Å². The Morgan fingerprint density at radius 3 is 2.44 bits per heavy atom. The molecule has 8 rings (SSSR count). The Kier molecular flexibility index (Phi) is 16.8. The van der Waals surface area contributed by atoms with Crippen molar-refractivity contribution in [1.29, 1.82) is 0 Å². The molecule has 1 saturated carbocycles. The van der Waals surface area contributed by atoms with Crippen LogP contribution in [0.5, 0.6) is 5.75 Å². The first-order chi connectivity index (χ1) is 34.3. The maximum absolute atomic E-state index is 14.7. The highest BCUT2D eigenvalue weighted by Gasteiger charge is 2.53. The van der Waals surface area contributed by atoms with E-state index in [0.29, 0.717) is 47.6 Å². The molecule has 2 aromatic heterocycles. The number of hydrogen-bond donors (Lipinski definition) is 5. The van der Waals surface area contributed by atoms with E-state index in [-0.39, 0.29) is 49.6 Å². The Labute approximate surface area is 434 Å². The smallest absolute Gasteiger partial charge is 0.258 e. The zero-order valence-corrected chi connectivity index (χ0v) is 44.2. The van der Waals surface area contributed by atoms with Gasteiger partial charge in [0.2, 0.25) is 17.7 Å². The molecule has 16 nitrogen and oxygen atoms in total. The number of alkyl halides is 1. The maximum Gasteiger partial charge on any atom is 0.258 e. The third-order valence-electron chi connectivity index (χ3n) is 14.6. The minimum absolute atomic E-state index is 0.0215. The standard InChI is InChI=1S/C52H68ClFN10O6S2/c1-32-45(71-31-59-32)34-9-10-35(26-58-47(67)38-25-36(65)29-64(38)48(68)46(50(2,3)4)61-49(69)52(54)13-14-52)39(24-34)70-22-21-62-17-11-33(12-18-62)23-42(66)60-37-7-6-8-40(44(37)53)72-43-28-56-41(27-57-43)63-19-15-51(5,30-55)16-20-63/h6-10,24,27-28,31,33,36,38,46,65H,11-23,25-26,29-30,55H2,1-5H3,(H,58,67)(H,60,66)(H,61,69)/t36-,38+,46-/m1/s1. The van der Waals surface area contributed by atoms with Crippen LogP contribution in [0.15, 0.2) is 64.2 Å². The van der Waals surface area contributed by atoms with Crippen LogP contribution in [-0.2, 0) is 25.7 Å². The lowest BCUT2D eigenvalue weighted by Gasteiger charge is -2.39. The van der Waals surface area contributed by atoms with Crippen molar-refractivity contribution in [3.05, 3.63) is 70.6 Å². The number of aromatic nitrogens is 3. The molecule has 388 valence electrons. The third kappa shape index (κ3) is 13.1. The molecular formula is C52H68ClFN10O6S2. The molecule has 0 unspecified atom stereocenters. The van der Waals surface area contributed by atoms with Gasteiger partial charge in [-0.2, -0.15) is 0 Å². The molecule has 0 radical (unpaired) electrons. The summed E-state index contributed by atoms with van der Waals surface area (Å²) in [6.07, 6.45) is 6.96. The predicted molar refractivity (Wildman–Crippen MR) is 279 cm³/mol. The maximum atomic E-state index is 14.7. The number of aliphatic hydroxyl groups excluding tert-OH is 1. The van der Waals surface area contributed by atoms with E-state index in [9.17, 15) is 28.7 Å². The van der Waals surface area contributed by atoms with Crippen LogP contribution in [0.4, 0.5) is 15.9 Å². The summed E-state index contributed by atoms with van der Waals surface area (Å²) in [6.45, 7) is 14.6. The zero-order valence-electron chi connectivity index (χ0n) is 41.8. The number of likely N-dealkylation sites (tertiary alicyclic amines) is 2. The molecule has 3 saturated heterocycles. The number of carbonyl (C=O) groups is 4. The number of β-amino-alcohol motifs (C(OH)–C–C–N with tert-alkyl or cyclic N) is 1. The summed E-state index contributed by atoms with van der Waals surface area (Å²) < 4.78 is 21.2. The van der Waals surface area contributed by atoms with Gasteiger partial charge in [-0.25, -0.2) is 19.3 Å². The Hall–Kier alpha value is -4.92. The summed E-state index contributed by atoms with van der Waals surface area (Å²) in [5.41, 5.74) is 8.31. The van der Waals surface area contributed by atoms with Gasteiger partial charge in [0.25, 0.3) is 5.91 Å². The number of halogens is 2. The van der Waals surface area contributed by atoms with E-state index in [1.54, 1.807) is 38.7 Å². The first-order valence-electron chi connectivity index (χ1n) is 25.0. The van der Waals surface area contributed by atoms with E-state index in [0.717, 1.165) is 84.3 Å². The van der Waals surface area contributed by atoms with Crippen LogP contribution in [0, 0.1) is 23.7 Å². The first-order valence-corrected chi connectivity index (χ1v) is 27.1. The third-order valence-corrected chi connectivity index (χ3v) is 17.1. The summed E-state index contributed by atoms with van der Waals surface area (Å²) in [6, 6.07) is 9.32. The molecule has 1 aliphatic carbocycles.